The molecule has 0 N–H and O–H groups in total. The van der Waals surface area contributed by atoms with Crippen molar-refractivity contribution in [1.29, 1.82) is 0 Å². The van der Waals surface area contributed by atoms with E-state index in [1.54, 1.807) is 13.3 Å². The summed E-state index contributed by atoms with van der Waals surface area (Å²) in [5.74, 6) is 0. The molecule has 3 nitrogen and oxygen atoms in total. The van der Waals surface area contributed by atoms with Crippen molar-refractivity contribution in [2.75, 3.05) is 26.4 Å². The molecule has 1 atom stereocenters. The Morgan fingerprint density at radius 1 is 1.27 bits per heavy atom. The van der Waals surface area contributed by atoms with E-state index in [4.69, 9.17) is 0 Å². The molecule has 0 bridgehead atoms. The summed E-state index contributed by atoms with van der Waals surface area (Å²) in [6, 6.07) is 0. The predicted octanol–water partition coefficient (Wildman–Crippen LogP) is 1.11. The highest BCUT2D eigenvalue weighted by molar-refractivity contribution is 7.90. The van der Waals surface area contributed by atoms with Crippen LogP contribution >= 0.6 is 0 Å². The van der Waals surface area contributed by atoms with Crippen molar-refractivity contribution in [2.24, 2.45) is 4.36 Å². The van der Waals surface area contributed by atoms with Crippen LogP contribution in [0.3, 0.4) is 0 Å². The Balaban J connectivity index is 2.66. The molecule has 1 rings (SSSR count). The third kappa shape index (κ3) is 2.17. The van der Waals surface area contributed by atoms with Crippen molar-refractivity contribution < 1.29 is 4.21 Å². The number of hydrogen-bond acceptors (Lipinski definition) is 2. The van der Waals surface area contributed by atoms with Gasteiger partial charge in [-0.25, -0.2) is 12.9 Å². The van der Waals surface area contributed by atoms with E-state index in [0.29, 0.717) is 0 Å². The smallest absolute Gasteiger partial charge is 0.107 e. The van der Waals surface area contributed by atoms with E-state index in [1.165, 1.54) is 19.3 Å². The fraction of sp³-hybridized carbons (Fsp3) is 1.00. The number of piperidine rings is 1. The average Bonchev–Trinajstić information content (AvgIpc) is 2.06. The van der Waals surface area contributed by atoms with Crippen LogP contribution in [0.4, 0.5) is 0 Å². The second-order valence-corrected chi connectivity index (χ2v) is 5.34. The maximum Gasteiger partial charge on any atom is 0.107 e. The highest BCUT2D eigenvalue weighted by atomic mass is 32.2. The van der Waals surface area contributed by atoms with Crippen LogP contribution in [0.1, 0.15) is 19.3 Å². The van der Waals surface area contributed by atoms with Crippen LogP contribution in [0.5, 0.6) is 0 Å². The minimum Gasteiger partial charge on any atom is -0.234 e. The van der Waals surface area contributed by atoms with Gasteiger partial charge in [0.25, 0.3) is 0 Å². The van der Waals surface area contributed by atoms with Crippen molar-refractivity contribution >= 4 is 9.92 Å². The second kappa shape index (κ2) is 3.54. The Morgan fingerprint density at radius 3 is 2.27 bits per heavy atom. The van der Waals surface area contributed by atoms with Crippen molar-refractivity contribution in [3.63, 3.8) is 0 Å². The lowest BCUT2D eigenvalue weighted by molar-refractivity contribution is 0.363. The zero-order valence-corrected chi connectivity index (χ0v) is 8.06. The largest absolute Gasteiger partial charge is 0.234 e. The minimum absolute atomic E-state index is 0.951. The molecule has 0 aliphatic carbocycles. The van der Waals surface area contributed by atoms with Crippen molar-refractivity contribution in [3.8, 4) is 0 Å². The summed E-state index contributed by atoms with van der Waals surface area (Å²) >= 11 is 0. The summed E-state index contributed by atoms with van der Waals surface area (Å²) in [6.45, 7) is 1.90. The van der Waals surface area contributed by atoms with Gasteiger partial charge in [-0.2, -0.15) is 0 Å². The van der Waals surface area contributed by atoms with E-state index in [9.17, 15) is 4.21 Å². The molecule has 1 aliphatic rings. The van der Waals surface area contributed by atoms with Gasteiger partial charge < -0.3 is 0 Å². The molecule has 66 valence electrons. The number of nitrogens with zero attached hydrogens (tertiary/aromatic N) is 2. The van der Waals surface area contributed by atoms with Crippen LogP contribution in [0, 0.1) is 0 Å². The van der Waals surface area contributed by atoms with E-state index in [2.05, 4.69) is 4.36 Å². The van der Waals surface area contributed by atoms with Gasteiger partial charge in [-0.15, -0.1) is 0 Å². The van der Waals surface area contributed by atoms with Crippen LogP contribution in [-0.4, -0.2) is 34.9 Å². The Kier molecular flexibility index (Phi) is 2.90. The fourth-order valence-electron chi connectivity index (χ4n) is 1.32. The Morgan fingerprint density at radius 2 is 1.82 bits per heavy atom. The normalized spacial score (nSPS) is 26.0. The molecule has 1 saturated heterocycles. The van der Waals surface area contributed by atoms with Crippen LogP contribution in [0.15, 0.2) is 4.36 Å². The van der Waals surface area contributed by atoms with E-state index >= 15 is 0 Å². The molecule has 0 amide bonds. The molecule has 0 radical (unpaired) electrons. The molecule has 1 aliphatic heterocycles. The molecule has 0 spiro atoms. The lowest BCUT2D eigenvalue weighted by Crippen LogP contribution is -2.34. The van der Waals surface area contributed by atoms with Crippen molar-refractivity contribution in [1.82, 2.24) is 4.31 Å². The average molecular weight is 176 g/mol. The molecule has 0 aromatic rings. The van der Waals surface area contributed by atoms with E-state index < -0.39 is 9.92 Å². The van der Waals surface area contributed by atoms with Crippen molar-refractivity contribution in [2.45, 2.75) is 19.3 Å². The lowest BCUT2D eigenvalue weighted by atomic mass is 10.2. The highest BCUT2D eigenvalue weighted by Gasteiger charge is 2.16. The Bertz CT molecular complexity index is 225. The topological polar surface area (TPSA) is 32.7 Å². The number of hydrogen-bond donors (Lipinski definition) is 0. The molecular weight excluding hydrogens is 160 g/mol. The van der Waals surface area contributed by atoms with Crippen LogP contribution in [0.2, 0.25) is 0 Å². The van der Waals surface area contributed by atoms with E-state index in [-0.39, 0.29) is 0 Å². The predicted molar refractivity (Wildman–Crippen MR) is 47.8 cm³/mol. The van der Waals surface area contributed by atoms with Gasteiger partial charge in [-0.1, -0.05) is 6.42 Å². The molecule has 11 heavy (non-hydrogen) atoms. The molecule has 1 fully saturated rings. The summed E-state index contributed by atoms with van der Waals surface area (Å²) in [5.41, 5.74) is 0. The van der Waals surface area contributed by atoms with Gasteiger partial charge in [0.1, 0.15) is 9.92 Å². The summed E-state index contributed by atoms with van der Waals surface area (Å²) in [4.78, 5) is 0. The lowest BCUT2D eigenvalue weighted by Gasteiger charge is -2.26. The molecule has 0 saturated carbocycles. The zero-order valence-electron chi connectivity index (χ0n) is 7.25. The van der Waals surface area contributed by atoms with Gasteiger partial charge in [-0.05, 0) is 12.8 Å². The molecular formula is C7H16N2OS. The van der Waals surface area contributed by atoms with E-state index in [0.717, 1.165) is 13.1 Å². The maximum atomic E-state index is 11.7. The minimum atomic E-state index is -2.01. The second-order valence-electron chi connectivity index (χ2n) is 2.93. The third-order valence-corrected chi connectivity index (χ3v) is 4.13. The fourth-order valence-corrected chi connectivity index (χ4v) is 2.49. The molecule has 1 heterocycles. The molecule has 1 unspecified atom stereocenters. The first-order valence-electron chi connectivity index (χ1n) is 4.02. The van der Waals surface area contributed by atoms with Crippen LogP contribution < -0.4 is 0 Å². The first-order valence-corrected chi connectivity index (χ1v) is 5.90. The Labute approximate surface area is 69.1 Å². The van der Waals surface area contributed by atoms with Crippen LogP contribution in [-0.2, 0) is 9.92 Å². The van der Waals surface area contributed by atoms with Gasteiger partial charge >= 0.3 is 0 Å². The SMILES string of the molecule is CN=S(C)(=O)N1CCCCC1. The van der Waals surface area contributed by atoms with E-state index in [1.807, 2.05) is 4.31 Å². The summed E-state index contributed by atoms with van der Waals surface area (Å²) < 4.78 is 17.6. The summed E-state index contributed by atoms with van der Waals surface area (Å²) in [6.07, 6.45) is 5.33. The standard InChI is InChI=1S/C7H16N2OS/c1-8-11(2,10)9-6-4-3-5-7-9/h3-7H2,1-2H3. The zero-order chi connectivity index (χ0) is 8.32. The summed E-state index contributed by atoms with van der Waals surface area (Å²) in [7, 11) is -0.377. The molecule has 4 heteroatoms. The van der Waals surface area contributed by atoms with Crippen LogP contribution in [0.25, 0.3) is 0 Å². The maximum absolute atomic E-state index is 11.7. The quantitative estimate of drug-likeness (QED) is 0.589. The monoisotopic (exact) mass is 176 g/mol. The van der Waals surface area contributed by atoms with Gasteiger partial charge in [0.2, 0.25) is 0 Å². The van der Waals surface area contributed by atoms with Gasteiger partial charge in [0.05, 0.1) is 0 Å². The highest BCUT2D eigenvalue weighted by Crippen LogP contribution is 2.12. The molecule has 0 aromatic heterocycles. The first kappa shape index (κ1) is 9.00. The van der Waals surface area contributed by atoms with Gasteiger partial charge in [0.15, 0.2) is 0 Å². The third-order valence-electron chi connectivity index (χ3n) is 2.13. The van der Waals surface area contributed by atoms with Crippen molar-refractivity contribution in [3.05, 3.63) is 0 Å². The summed E-state index contributed by atoms with van der Waals surface area (Å²) in [5, 5.41) is 0. The Hall–Kier alpha value is -0.0900. The molecule has 0 aromatic carbocycles. The van der Waals surface area contributed by atoms with Gasteiger partial charge in [0, 0.05) is 26.4 Å². The first-order chi connectivity index (χ1) is 5.17. The number of rotatable bonds is 1. The van der Waals surface area contributed by atoms with Gasteiger partial charge in [-0.3, -0.25) is 0 Å².